The maximum Gasteiger partial charge on any atom is 0.415 e. The van der Waals surface area contributed by atoms with E-state index in [1.165, 1.54) is 21.9 Å². The van der Waals surface area contributed by atoms with Crippen LogP contribution in [0, 0.1) is 5.82 Å². The summed E-state index contributed by atoms with van der Waals surface area (Å²) in [4.78, 5) is 43.0. The SMILES string of the molecule is CN(C)C(=O)Oc1cc2cc(N3CC[C@@](O)(C(=O)NCc4cc(F)cc(Cl)c4)C3=O)ccc2[nH]1. The van der Waals surface area contributed by atoms with E-state index < -0.39 is 29.3 Å². The average molecular weight is 489 g/mol. The van der Waals surface area contributed by atoms with Gasteiger partial charge >= 0.3 is 6.09 Å². The number of fused-ring (bicyclic) bond motifs is 1. The normalized spacial score (nSPS) is 17.8. The number of hydrogen-bond donors (Lipinski definition) is 3. The van der Waals surface area contributed by atoms with Crippen molar-refractivity contribution >= 4 is 46.1 Å². The third-order valence-electron chi connectivity index (χ3n) is 5.50. The van der Waals surface area contributed by atoms with E-state index in [4.69, 9.17) is 16.3 Å². The Morgan fingerprint density at radius 2 is 2.03 bits per heavy atom. The molecule has 1 fully saturated rings. The van der Waals surface area contributed by atoms with Crippen molar-refractivity contribution in [3.05, 3.63) is 58.9 Å². The third-order valence-corrected chi connectivity index (χ3v) is 5.72. The molecule has 11 heteroatoms. The van der Waals surface area contributed by atoms with Crippen molar-refractivity contribution in [3.63, 3.8) is 0 Å². The smallest absolute Gasteiger partial charge is 0.393 e. The van der Waals surface area contributed by atoms with Crippen LogP contribution in [-0.4, -0.2) is 59.1 Å². The van der Waals surface area contributed by atoms with E-state index in [-0.39, 0.29) is 30.4 Å². The first-order valence-corrected chi connectivity index (χ1v) is 10.7. The number of nitrogens with zero attached hydrogens (tertiary/aromatic N) is 2. The number of nitrogens with one attached hydrogen (secondary N) is 2. The number of ether oxygens (including phenoxy) is 1. The van der Waals surface area contributed by atoms with Gasteiger partial charge in [-0.25, -0.2) is 9.18 Å². The minimum Gasteiger partial charge on any atom is -0.393 e. The second-order valence-corrected chi connectivity index (χ2v) is 8.63. The molecule has 3 aromatic rings. The zero-order valence-electron chi connectivity index (χ0n) is 18.4. The average Bonchev–Trinajstić information content (AvgIpc) is 3.31. The van der Waals surface area contributed by atoms with E-state index in [1.54, 1.807) is 38.4 Å². The summed E-state index contributed by atoms with van der Waals surface area (Å²) in [6.07, 6.45) is -0.656. The van der Waals surface area contributed by atoms with E-state index in [0.717, 1.165) is 6.07 Å². The molecule has 0 unspecified atom stereocenters. The van der Waals surface area contributed by atoms with E-state index in [1.807, 2.05) is 0 Å². The molecular formula is C23H22ClFN4O5. The van der Waals surface area contributed by atoms with E-state index in [0.29, 0.717) is 22.2 Å². The number of aromatic nitrogens is 1. The summed E-state index contributed by atoms with van der Waals surface area (Å²) in [6, 6.07) is 10.5. The van der Waals surface area contributed by atoms with Crippen molar-refractivity contribution < 1.29 is 28.6 Å². The van der Waals surface area contributed by atoms with Crippen molar-refractivity contribution in [1.82, 2.24) is 15.2 Å². The molecule has 1 aliphatic heterocycles. The molecule has 0 aliphatic carbocycles. The van der Waals surface area contributed by atoms with Crippen LogP contribution >= 0.6 is 11.6 Å². The molecule has 1 atom stereocenters. The molecule has 4 rings (SSSR count). The molecule has 2 heterocycles. The summed E-state index contributed by atoms with van der Waals surface area (Å²) in [6.45, 7) is 0.0165. The van der Waals surface area contributed by atoms with Crippen LogP contribution in [0.2, 0.25) is 5.02 Å². The van der Waals surface area contributed by atoms with Crippen LogP contribution in [0.4, 0.5) is 14.9 Å². The molecule has 34 heavy (non-hydrogen) atoms. The quantitative estimate of drug-likeness (QED) is 0.478. The van der Waals surface area contributed by atoms with Gasteiger partial charge in [-0.1, -0.05) is 11.6 Å². The summed E-state index contributed by atoms with van der Waals surface area (Å²) >= 11 is 5.82. The number of rotatable bonds is 5. The van der Waals surface area contributed by atoms with Crippen molar-refractivity contribution in [3.8, 4) is 5.88 Å². The van der Waals surface area contributed by atoms with Crippen molar-refractivity contribution in [1.29, 1.82) is 0 Å². The monoisotopic (exact) mass is 488 g/mol. The number of aliphatic hydroxyl groups is 1. The fourth-order valence-electron chi connectivity index (χ4n) is 3.71. The standard InChI is InChI=1S/C23H22ClFN4O5/c1-28(2)22(32)34-19-10-14-9-17(3-4-18(14)27-19)29-6-5-23(33,21(29)31)20(30)26-12-13-7-15(24)11-16(25)8-13/h3-4,7-11,27,33H,5-6,12H2,1-2H3,(H,26,30)/t23-/m1/s1. The predicted octanol–water partition coefficient (Wildman–Crippen LogP) is 2.81. The number of aromatic amines is 1. The number of halogens is 2. The number of H-pyrrole nitrogens is 1. The Morgan fingerprint density at radius 1 is 1.26 bits per heavy atom. The zero-order valence-corrected chi connectivity index (χ0v) is 19.1. The number of benzene rings is 2. The molecule has 0 saturated carbocycles. The zero-order chi connectivity index (χ0) is 24.6. The number of anilines is 1. The molecule has 3 amide bonds. The van der Waals surface area contributed by atoms with Gasteiger partial charge in [0, 0.05) is 61.3 Å². The minimum atomic E-state index is -2.25. The molecule has 178 valence electrons. The summed E-state index contributed by atoms with van der Waals surface area (Å²) < 4.78 is 18.7. The molecule has 0 spiro atoms. The van der Waals surface area contributed by atoms with Gasteiger partial charge in [0.2, 0.25) is 11.5 Å². The molecule has 1 aliphatic rings. The molecular weight excluding hydrogens is 467 g/mol. The second kappa shape index (κ2) is 8.96. The summed E-state index contributed by atoms with van der Waals surface area (Å²) in [5.41, 5.74) is -0.703. The minimum absolute atomic E-state index is 0.102. The Balaban J connectivity index is 1.48. The van der Waals surface area contributed by atoms with Crippen LogP contribution in [-0.2, 0) is 16.1 Å². The lowest BCUT2D eigenvalue weighted by Gasteiger charge is -2.22. The molecule has 1 saturated heterocycles. The third kappa shape index (κ3) is 4.55. The second-order valence-electron chi connectivity index (χ2n) is 8.19. The number of hydrogen-bond acceptors (Lipinski definition) is 5. The maximum absolute atomic E-state index is 13.5. The van der Waals surface area contributed by atoms with Gasteiger partial charge in [-0.15, -0.1) is 0 Å². The molecule has 3 N–H and O–H groups in total. The first-order valence-electron chi connectivity index (χ1n) is 10.4. The van der Waals surface area contributed by atoms with Gasteiger partial charge in [0.1, 0.15) is 5.82 Å². The summed E-state index contributed by atoms with van der Waals surface area (Å²) in [5, 5.41) is 14.2. The Labute approximate surface area is 199 Å². The van der Waals surface area contributed by atoms with Gasteiger partial charge in [0.15, 0.2) is 0 Å². The number of amides is 3. The van der Waals surface area contributed by atoms with Gasteiger partial charge in [0.25, 0.3) is 11.8 Å². The van der Waals surface area contributed by atoms with Crippen LogP contribution in [0.15, 0.2) is 42.5 Å². The highest BCUT2D eigenvalue weighted by Gasteiger charge is 2.51. The summed E-state index contributed by atoms with van der Waals surface area (Å²) in [7, 11) is 3.12. The van der Waals surface area contributed by atoms with Crippen molar-refractivity contribution in [2.75, 3.05) is 25.5 Å². The Kier molecular flexibility index (Phi) is 6.20. The molecule has 0 bridgehead atoms. The predicted molar refractivity (Wildman–Crippen MR) is 123 cm³/mol. The van der Waals surface area contributed by atoms with E-state index >= 15 is 0 Å². The fraction of sp³-hybridized carbons (Fsp3) is 0.261. The van der Waals surface area contributed by atoms with E-state index in [9.17, 15) is 23.9 Å². The lowest BCUT2D eigenvalue weighted by molar-refractivity contribution is -0.149. The first kappa shape index (κ1) is 23.5. The Hall–Kier alpha value is -3.63. The lowest BCUT2D eigenvalue weighted by atomic mass is 10.0. The highest BCUT2D eigenvalue weighted by molar-refractivity contribution is 6.30. The van der Waals surface area contributed by atoms with Gasteiger partial charge < -0.3 is 29.9 Å². The molecule has 1 aromatic heterocycles. The molecule has 2 aromatic carbocycles. The largest absolute Gasteiger partial charge is 0.415 e. The fourth-order valence-corrected chi connectivity index (χ4v) is 3.95. The van der Waals surface area contributed by atoms with Crippen LogP contribution < -0.4 is 15.0 Å². The molecule has 9 nitrogen and oxygen atoms in total. The van der Waals surface area contributed by atoms with Crippen LogP contribution in [0.1, 0.15) is 12.0 Å². The van der Waals surface area contributed by atoms with E-state index in [2.05, 4.69) is 10.3 Å². The first-order chi connectivity index (χ1) is 16.1. The Morgan fingerprint density at radius 3 is 2.74 bits per heavy atom. The van der Waals surface area contributed by atoms with Crippen molar-refractivity contribution in [2.24, 2.45) is 0 Å². The highest BCUT2D eigenvalue weighted by atomic mass is 35.5. The van der Waals surface area contributed by atoms with Gasteiger partial charge in [-0.2, -0.15) is 0 Å². The van der Waals surface area contributed by atoms with Gasteiger partial charge in [-0.3, -0.25) is 9.59 Å². The van der Waals surface area contributed by atoms with Gasteiger partial charge in [0.05, 0.1) is 0 Å². The number of carbonyl (C=O) groups is 3. The van der Waals surface area contributed by atoms with Gasteiger partial charge in [-0.05, 0) is 42.0 Å². The van der Waals surface area contributed by atoms with Crippen LogP contribution in [0.25, 0.3) is 10.9 Å². The van der Waals surface area contributed by atoms with Crippen LogP contribution in [0.5, 0.6) is 5.88 Å². The highest BCUT2D eigenvalue weighted by Crippen LogP contribution is 2.32. The van der Waals surface area contributed by atoms with Crippen molar-refractivity contribution in [2.45, 2.75) is 18.6 Å². The topological polar surface area (TPSA) is 115 Å². The summed E-state index contributed by atoms with van der Waals surface area (Å²) in [5.74, 6) is -1.96. The Bertz CT molecular complexity index is 1270. The number of carbonyl (C=O) groups excluding carboxylic acids is 3. The molecule has 0 radical (unpaired) electrons. The maximum atomic E-state index is 13.5. The van der Waals surface area contributed by atoms with Crippen LogP contribution in [0.3, 0.4) is 0 Å². The lowest BCUT2D eigenvalue weighted by Crippen LogP contribution is -2.52.